The average Bonchev–Trinajstić information content (AvgIpc) is 3.15. The average molecular weight is 447 g/mol. The first-order valence-electron chi connectivity index (χ1n) is 8.29. The van der Waals surface area contributed by atoms with Crippen LogP contribution in [-0.4, -0.2) is 33.5 Å². The van der Waals surface area contributed by atoms with Gasteiger partial charge in [-0.25, -0.2) is 0 Å². The van der Waals surface area contributed by atoms with E-state index in [1.165, 1.54) is 11.8 Å². The van der Waals surface area contributed by atoms with Gasteiger partial charge in [-0.1, -0.05) is 52.0 Å². The number of aromatic nitrogens is 3. The highest BCUT2D eigenvalue weighted by Crippen LogP contribution is 2.26. The van der Waals surface area contributed by atoms with E-state index in [-0.39, 0.29) is 17.7 Å². The van der Waals surface area contributed by atoms with E-state index in [2.05, 4.69) is 31.4 Å². The molecule has 27 heavy (non-hydrogen) atoms. The Kier molecular flexibility index (Phi) is 6.52. The summed E-state index contributed by atoms with van der Waals surface area (Å²) >= 11 is 4.74. The highest BCUT2D eigenvalue weighted by molar-refractivity contribution is 9.10. The van der Waals surface area contributed by atoms with Gasteiger partial charge in [-0.2, -0.15) is 0 Å². The number of carbonyl (C=O) groups is 1. The topological polar surface area (TPSA) is 69.0 Å². The molecule has 0 radical (unpaired) electrons. The lowest BCUT2D eigenvalue weighted by molar-refractivity contribution is -0.119. The van der Waals surface area contributed by atoms with Gasteiger partial charge in [0.25, 0.3) is 0 Å². The lowest BCUT2D eigenvalue weighted by Gasteiger charge is -2.14. The third-order valence-electron chi connectivity index (χ3n) is 3.94. The number of carbonyl (C=O) groups excluding carboxylic acids is 1. The standard InChI is InChI=1S/C19H19BrN4O2S/c1-13(14-7-9-15(20)10-8-14)22-18(25)11-27-19-23-21-12-24(19)16-5-3-4-6-17(16)26-2/h3-10,12-13H,11H2,1-2H3,(H,22,25). The summed E-state index contributed by atoms with van der Waals surface area (Å²) in [5.74, 6) is 0.895. The van der Waals surface area contributed by atoms with E-state index in [0.717, 1.165) is 15.7 Å². The second-order valence-corrected chi connectivity index (χ2v) is 7.64. The maximum atomic E-state index is 12.3. The van der Waals surface area contributed by atoms with Crippen LogP contribution in [0, 0.1) is 0 Å². The van der Waals surface area contributed by atoms with Crippen LogP contribution in [0.4, 0.5) is 0 Å². The number of thioether (sulfide) groups is 1. The first-order chi connectivity index (χ1) is 13.1. The summed E-state index contributed by atoms with van der Waals surface area (Å²) < 4.78 is 8.22. The van der Waals surface area contributed by atoms with E-state index in [9.17, 15) is 4.79 Å². The van der Waals surface area contributed by atoms with Crippen molar-refractivity contribution < 1.29 is 9.53 Å². The van der Waals surface area contributed by atoms with E-state index < -0.39 is 0 Å². The zero-order valence-electron chi connectivity index (χ0n) is 14.9. The molecular formula is C19H19BrN4O2S. The largest absolute Gasteiger partial charge is 0.495 e. The summed E-state index contributed by atoms with van der Waals surface area (Å²) in [5, 5.41) is 11.7. The van der Waals surface area contributed by atoms with E-state index in [1.54, 1.807) is 13.4 Å². The zero-order valence-corrected chi connectivity index (χ0v) is 17.3. The molecule has 1 heterocycles. The molecule has 1 aromatic heterocycles. The van der Waals surface area contributed by atoms with Gasteiger partial charge in [-0.15, -0.1) is 10.2 Å². The van der Waals surface area contributed by atoms with Crippen LogP contribution in [0.25, 0.3) is 5.69 Å². The normalized spacial score (nSPS) is 11.8. The van der Waals surface area contributed by atoms with E-state index in [0.29, 0.717) is 10.9 Å². The Bertz CT molecular complexity index is 914. The molecule has 0 aliphatic heterocycles. The van der Waals surface area contributed by atoms with E-state index in [4.69, 9.17) is 4.74 Å². The molecule has 0 bridgehead atoms. The molecule has 0 saturated heterocycles. The Balaban J connectivity index is 1.63. The molecule has 0 aliphatic carbocycles. The molecule has 0 aliphatic rings. The number of ether oxygens (including phenoxy) is 1. The number of amides is 1. The minimum absolute atomic E-state index is 0.0648. The fourth-order valence-corrected chi connectivity index (χ4v) is 3.56. The van der Waals surface area contributed by atoms with Crippen molar-refractivity contribution in [3.63, 3.8) is 0 Å². The molecule has 0 fully saturated rings. The monoisotopic (exact) mass is 446 g/mol. The van der Waals surface area contributed by atoms with Crippen LogP contribution in [0.1, 0.15) is 18.5 Å². The molecule has 3 rings (SSSR count). The Morgan fingerprint density at radius 3 is 2.74 bits per heavy atom. The van der Waals surface area contributed by atoms with Gasteiger partial charge in [0, 0.05) is 4.47 Å². The summed E-state index contributed by atoms with van der Waals surface area (Å²) in [4.78, 5) is 12.3. The first kappa shape index (κ1) is 19.4. The number of halogens is 1. The van der Waals surface area contributed by atoms with Crippen LogP contribution in [0.5, 0.6) is 5.75 Å². The first-order valence-corrected chi connectivity index (χ1v) is 10.1. The van der Waals surface area contributed by atoms with Gasteiger partial charge in [-0.05, 0) is 36.8 Å². The van der Waals surface area contributed by atoms with Gasteiger partial charge in [0.05, 0.1) is 24.6 Å². The molecular weight excluding hydrogens is 428 g/mol. The SMILES string of the molecule is COc1ccccc1-n1cnnc1SCC(=O)NC(C)c1ccc(Br)cc1. The number of rotatable bonds is 7. The molecule has 2 aromatic carbocycles. The number of nitrogens with zero attached hydrogens (tertiary/aromatic N) is 3. The number of benzene rings is 2. The Morgan fingerprint density at radius 1 is 1.26 bits per heavy atom. The summed E-state index contributed by atoms with van der Waals surface area (Å²) in [6.07, 6.45) is 1.61. The number of nitrogens with one attached hydrogen (secondary N) is 1. The molecule has 0 saturated carbocycles. The number of hydrogen-bond donors (Lipinski definition) is 1. The van der Waals surface area contributed by atoms with Crippen LogP contribution >= 0.6 is 27.7 Å². The molecule has 140 valence electrons. The van der Waals surface area contributed by atoms with Crippen LogP contribution in [-0.2, 0) is 4.79 Å². The van der Waals surface area contributed by atoms with E-state index >= 15 is 0 Å². The molecule has 8 heteroatoms. The smallest absolute Gasteiger partial charge is 0.230 e. The van der Waals surface area contributed by atoms with Crippen molar-refractivity contribution in [3.05, 3.63) is 64.9 Å². The third kappa shape index (κ3) is 4.90. The van der Waals surface area contributed by atoms with Gasteiger partial charge >= 0.3 is 0 Å². The van der Waals surface area contributed by atoms with Crippen molar-refractivity contribution >= 4 is 33.6 Å². The van der Waals surface area contributed by atoms with Crippen molar-refractivity contribution in [2.24, 2.45) is 0 Å². The quantitative estimate of drug-likeness (QED) is 0.555. The highest BCUT2D eigenvalue weighted by atomic mass is 79.9. The maximum absolute atomic E-state index is 12.3. The zero-order chi connectivity index (χ0) is 19.2. The minimum Gasteiger partial charge on any atom is -0.495 e. The lowest BCUT2D eigenvalue weighted by atomic mass is 10.1. The van der Waals surface area contributed by atoms with Gasteiger partial charge in [0.15, 0.2) is 5.16 Å². The molecule has 0 spiro atoms. The van der Waals surface area contributed by atoms with Gasteiger partial charge in [-0.3, -0.25) is 9.36 Å². The van der Waals surface area contributed by atoms with Crippen molar-refractivity contribution in [3.8, 4) is 11.4 Å². The highest BCUT2D eigenvalue weighted by Gasteiger charge is 2.14. The summed E-state index contributed by atoms with van der Waals surface area (Å²) in [6, 6.07) is 15.4. The molecule has 1 atom stereocenters. The fraction of sp³-hybridized carbons (Fsp3) is 0.211. The van der Waals surface area contributed by atoms with Gasteiger partial charge in [0.2, 0.25) is 5.91 Å². The molecule has 1 unspecified atom stereocenters. The van der Waals surface area contributed by atoms with Gasteiger partial charge < -0.3 is 10.1 Å². The van der Waals surface area contributed by atoms with Crippen LogP contribution < -0.4 is 10.1 Å². The Labute approximate surface area is 170 Å². The molecule has 1 amide bonds. The Hall–Kier alpha value is -2.32. The second-order valence-electron chi connectivity index (χ2n) is 5.78. The van der Waals surface area contributed by atoms with Crippen LogP contribution in [0.15, 0.2) is 64.5 Å². The minimum atomic E-state index is -0.0710. The summed E-state index contributed by atoms with van der Waals surface area (Å²) in [7, 11) is 1.62. The van der Waals surface area contributed by atoms with Crippen molar-refractivity contribution in [1.29, 1.82) is 0 Å². The van der Waals surface area contributed by atoms with Crippen molar-refractivity contribution in [2.45, 2.75) is 18.1 Å². The third-order valence-corrected chi connectivity index (χ3v) is 5.41. The second kappa shape index (κ2) is 9.05. The summed E-state index contributed by atoms with van der Waals surface area (Å²) in [5.41, 5.74) is 1.88. The summed E-state index contributed by atoms with van der Waals surface area (Å²) in [6.45, 7) is 1.96. The fourth-order valence-electron chi connectivity index (χ4n) is 2.56. The number of methoxy groups -OCH3 is 1. The predicted molar refractivity (Wildman–Crippen MR) is 109 cm³/mol. The maximum Gasteiger partial charge on any atom is 0.230 e. The van der Waals surface area contributed by atoms with Crippen molar-refractivity contribution in [1.82, 2.24) is 20.1 Å². The lowest BCUT2D eigenvalue weighted by Crippen LogP contribution is -2.28. The van der Waals surface area contributed by atoms with Crippen molar-refractivity contribution in [2.75, 3.05) is 12.9 Å². The molecule has 1 N–H and O–H groups in total. The van der Waals surface area contributed by atoms with E-state index in [1.807, 2.05) is 60.0 Å². The number of hydrogen-bond acceptors (Lipinski definition) is 5. The van der Waals surface area contributed by atoms with Gasteiger partial charge in [0.1, 0.15) is 12.1 Å². The van der Waals surface area contributed by atoms with Crippen LogP contribution in [0.2, 0.25) is 0 Å². The predicted octanol–water partition coefficient (Wildman–Crippen LogP) is 4.01. The molecule has 6 nitrogen and oxygen atoms in total. The van der Waals surface area contributed by atoms with Crippen LogP contribution in [0.3, 0.4) is 0 Å². The Morgan fingerprint density at radius 2 is 2.00 bits per heavy atom. The number of para-hydroxylation sites is 2. The molecule has 3 aromatic rings.